The van der Waals surface area contributed by atoms with E-state index in [9.17, 15) is 4.79 Å². The normalized spacial score (nSPS) is 15.2. The van der Waals surface area contributed by atoms with E-state index in [4.69, 9.17) is 9.47 Å². The van der Waals surface area contributed by atoms with Gasteiger partial charge in [-0.1, -0.05) is 24.6 Å². The third kappa shape index (κ3) is 4.24. The molecule has 4 nitrogen and oxygen atoms in total. The van der Waals surface area contributed by atoms with Gasteiger partial charge >= 0.3 is 5.97 Å². The van der Waals surface area contributed by atoms with Crippen LogP contribution in [0.3, 0.4) is 0 Å². The molecule has 1 heterocycles. The molecule has 3 rings (SSSR count). The summed E-state index contributed by atoms with van der Waals surface area (Å²) in [6, 6.07) is 11.5. The number of carbonyl (C=O) groups excluding carboxylic acids is 1. The topological polar surface area (TPSA) is 47.9 Å². The lowest BCUT2D eigenvalue weighted by Gasteiger charge is -2.10. The van der Waals surface area contributed by atoms with Crippen molar-refractivity contribution in [1.29, 1.82) is 0 Å². The van der Waals surface area contributed by atoms with E-state index in [0.29, 0.717) is 12.5 Å². The van der Waals surface area contributed by atoms with E-state index in [1.807, 2.05) is 43.3 Å². The maximum atomic E-state index is 12.2. The third-order valence-corrected chi connectivity index (χ3v) is 4.87. The first kappa shape index (κ1) is 18.9. The van der Waals surface area contributed by atoms with Gasteiger partial charge in [-0.3, -0.25) is 0 Å². The Morgan fingerprint density at radius 3 is 2.42 bits per heavy atom. The summed E-state index contributed by atoms with van der Waals surface area (Å²) in [6.07, 6.45) is 2.62. The second-order valence-corrected chi connectivity index (χ2v) is 7.57. The van der Waals surface area contributed by atoms with Crippen LogP contribution in [0.1, 0.15) is 30.0 Å². The lowest BCUT2D eigenvalue weighted by molar-refractivity contribution is -0.129. The Kier molecular flexibility index (Phi) is 5.94. The van der Waals surface area contributed by atoms with Crippen LogP contribution >= 0.6 is 31.9 Å². The predicted octanol–water partition coefficient (Wildman–Crippen LogP) is 5.65. The number of aryl methyl sites for hydroxylation is 1. The Morgan fingerprint density at radius 1 is 1.15 bits per heavy atom. The number of esters is 1. The first-order chi connectivity index (χ1) is 12.5. The molecular formula is C20H17Br2NO3. The molecule has 0 aromatic heterocycles. The monoisotopic (exact) mass is 477 g/mol. The largest absolute Gasteiger partial charge is 0.491 e. The number of ether oxygens (including phenoxy) is 2. The molecule has 1 aliphatic rings. The fourth-order valence-electron chi connectivity index (χ4n) is 2.39. The summed E-state index contributed by atoms with van der Waals surface area (Å²) in [5.74, 6) is 0.605. The van der Waals surface area contributed by atoms with Gasteiger partial charge in [0.1, 0.15) is 5.75 Å². The zero-order chi connectivity index (χ0) is 18.7. The van der Waals surface area contributed by atoms with E-state index in [1.165, 1.54) is 0 Å². The van der Waals surface area contributed by atoms with Gasteiger partial charge in [0.15, 0.2) is 5.70 Å². The quantitative estimate of drug-likeness (QED) is 0.411. The van der Waals surface area contributed by atoms with Crippen LogP contribution < -0.4 is 4.74 Å². The Labute approximate surface area is 169 Å². The van der Waals surface area contributed by atoms with Gasteiger partial charge in [0, 0.05) is 5.56 Å². The Balaban J connectivity index is 1.89. The minimum atomic E-state index is -0.459. The number of hydrogen-bond donors (Lipinski definition) is 0. The molecule has 6 heteroatoms. The van der Waals surface area contributed by atoms with Gasteiger partial charge < -0.3 is 9.47 Å². The van der Waals surface area contributed by atoms with E-state index in [0.717, 1.165) is 37.8 Å². The second kappa shape index (κ2) is 8.18. The molecular weight excluding hydrogens is 462 g/mol. The molecule has 0 radical (unpaired) electrons. The number of benzene rings is 2. The molecule has 0 saturated carbocycles. The Morgan fingerprint density at radius 2 is 1.81 bits per heavy atom. The molecule has 2 aromatic carbocycles. The summed E-state index contributed by atoms with van der Waals surface area (Å²) >= 11 is 7.02. The number of rotatable bonds is 5. The summed E-state index contributed by atoms with van der Waals surface area (Å²) in [5, 5.41) is 0. The summed E-state index contributed by atoms with van der Waals surface area (Å²) in [6.45, 7) is 4.69. The van der Waals surface area contributed by atoms with Crippen molar-refractivity contribution in [2.24, 2.45) is 4.99 Å². The number of nitrogens with zero attached hydrogens (tertiary/aromatic N) is 1. The van der Waals surface area contributed by atoms with Crippen LogP contribution in [0.15, 0.2) is 56.0 Å². The van der Waals surface area contributed by atoms with Crippen LogP contribution in [0.5, 0.6) is 5.75 Å². The molecule has 0 atom stereocenters. The average molecular weight is 479 g/mol. The molecule has 0 amide bonds. The van der Waals surface area contributed by atoms with Gasteiger partial charge in [-0.15, -0.1) is 0 Å². The smallest absolute Gasteiger partial charge is 0.363 e. The maximum Gasteiger partial charge on any atom is 0.363 e. The van der Waals surface area contributed by atoms with Crippen molar-refractivity contribution >= 4 is 49.8 Å². The van der Waals surface area contributed by atoms with Gasteiger partial charge in [-0.05, 0) is 81.1 Å². The number of carbonyl (C=O) groups is 1. The summed E-state index contributed by atoms with van der Waals surface area (Å²) in [5.41, 5.74) is 2.99. The van der Waals surface area contributed by atoms with Crippen molar-refractivity contribution in [2.75, 3.05) is 6.61 Å². The molecule has 0 N–H and O–H groups in total. The highest BCUT2D eigenvalue weighted by Gasteiger charge is 2.24. The second-order valence-electron chi connectivity index (χ2n) is 5.86. The van der Waals surface area contributed by atoms with Crippen molar-refractivity contribution in [3.05, 3.63) is 67.7 Å². The molecule has 2 aromatic rings. The zero-order valence-electron chi connectivity index (χ0n) is 14.4. The lowest BCUT2D eigenvalue weighted by Crippen LogP contribution is -2.05. The zero-order valence-corrected chi connectivity index (χ0v) is 17.6. The summed E-state index contributed by atoms with van der Waals surface area (Å²) in [7, 11) is 0. The van der Waals surface area contributed by atoms with Crippen LogP contribution in [0.4, 0.5) is 0 Å². The van der Waals surface area contributed by atoms with Crippen LogP contribution in [0, 0.1) is 6.92 Å². The van der Waals surface area contributed by atoms with Crippen molar-refractivity contribution < 1.29 is 14.3 Å². The van der Waals surface area contributed by atoms with Gasteiger partial charge in [-0.25, -0.2) is 9.79 Å². The first-order valence-corrected chi connectivity index (χ1v) is 9.78. The first-order valence-electron chi connectivity index (χ1n) is 8.19. The third-order valence-electron chi connectivity index (χ3n) is 3.69. The van der Waals surface area contributed by atoms with Crippen LogP contribution in [0.2, 0.25) is 0 Å². The molecule has 0 aliphatic carbocycles. The molecule has 0 fully saturated rings. The van der Waals surface area contributed by atoms with Crippen LogP contribution in [-0.2, 0) is 9.53 Å². The van der Waals surface area contributed by atoms with E-state index < -0.39 is 5.97 Å². The number of aliphatic imine (C=N–C) groups is 1. The van der Waals surface area contributed by atoms with E-state index in [2.05, 4.69) is 43.8 Å². The van der Waals surface area contributed by atoms with Gasteiger partial charge in [0.25, 0.3) is 0 Å². The average Bonchev–Trinajstić information content (AvgIpc) is 2.95. The fraction of sp³-hybridized carbons (Fsp3) is 0.200. The predicted molar refractivity (Wildman–Crippen MR) is 109 cm³/mol. The van der Waals surface area contributed by atoms with Crippen LogP contribution in [0.25, 0.3) is 6.08 Å². The van der Waals surface area contributed by atoms with Crippen molar-refractivity contribution in [3.8, 4) is 5.75 Å². The van der Waals surface area contributed by atoms with E-state index >= 15 is 0 Å². The van der Waals surface area contributed by atoms with E-state index in [1.54, 1.807) is 6.08 Å². The number of halogens is 2. The maximum absolute atomic E-state index is 12.2. The van der Waals surface area contributed by atoms with Crippen molar-refractivity contribution in [2.45, 2.75) is 20.3 Å². The molecule has 26 heavy (non-hydrogen) atoms. The summed E-state index contributed by atoms with van der Waals surface area (Å²) in [4.78, 5) is 16.5. The van der Waals surface area contributed by atoms with Crippen molar-refractivity contribution in [3.63, 3.8) is 0 Å². The van der Waals surface area contributed by atoms with E-state index in [-0.39, 0.29) is 5.70 Å². The molecule has 134 valence electrons. The Bertz CT molecular complexity index is 879. The summed E-state index contributed by atoms with van der Waals surface area (Å²) < 4.78 is 12.6. The number of hydrogen-bond acceptors (Lipinski definition) is 4. The molecule has 0 spiro atoms. The SMILES string of the molecule is CCCOc1c(Br)cc(/C=C2\N=C(c3ccc(C)cc3)OC2=O)cc1Br. The van der Waals surface area contributed by atoms with Crippen molar-refractivity contribution in [1.82, 2.24) is 0 Å². The van der Waals surface area contributed by atoms with Gasteiger partial charge in [0.05, 0.1) is 15.6 Å². The highest BCUT2D eigenvalue weighted by Crippen LogP contribution is 2.35. The van der Waals surface area contributed by atoms with Crippen LogP contribution in [-0.4, -0.2) is 18.5 Å². The molecule has 0 saturated heterocycles. The van der Waals surface area contributed by atoms with Gasteiger partial charge in [0.2, 0.25) is 5.90 Å². The number of cyclic esters (lactones) is 1. The lowest BCUT2D eigenvalue weighted by atomic mass is 10.1. The fourth-order valence-corrected chi connectivity index (χ4v) is 3.84. The highest BCUT2D eigenvalue weighted by molar-refractivity contribution is 9.11. The highest BCUT2D eigenvalue weighted by atomic mass is 79.9. The minimum Gasteiger partial charge on any atom is -0.491 e. The molecule has 1 aliphatic heterocycles. The van der Waals surface area contributed by atoms with Gasteiger partial charge in [-0.2, -0.15) is 0 Å². The molecule has 0 unspecified atom stereocenters. The minimum absolute atomic E-state index is 0.265. The Hall–Kier alpha value is -1.92. The standard InChI is InChI=1S/C20H17Br2NO3/c1-3-8-25-18-15(21)9-13(10-16(18)22)11-17-20(24)26-19(23-17)14-6-4-12(2)5-7-14/h4-7,9-11H,3,8H2,1-2H3/b17-11-. The molecule has 0 bridgehead atoms.